The molecular weight excluding hydrogens is 262 g/mol. The van der Waals surface area contributed by atoms with E-state index < -0.39 is 0 Å². The minimum atomic E-state index is 0.167. The Kier molecular flexibility index (Phi) is 4.54. The molecule has 0 bridgehead atoms. The average molecular weight is 287 g/mol. The maximum absolute atomic E-state index is 12.8. The molecule has 0 radical (unpaired) electrons. The van der Waals surface area contributed by atoms with Crippen LogP contribution in [0.1, 0.15) is 61.0 Å². The number of amides is 1. The predicted molar refractivity (Wildman–Crippen MR) is 82.8 cm³/mol. The zero-order chi connectivity index (χ0) is 14.7. The van der Waals surface area contributed by atoms with E-state index in [1.54, 1.807) is 6.20 Å². The van der Waals surface area contributed by atoms with Crippen LogP contribution in [0.3, 0.4) is 0 Å². The van der Waals surface area contributed by atoms with E-state index in [-0.39, 0.29) is 5.91 Å². The molecule has 1 aromatic heterocycles. The summed E-state index contributed by atoms with van der Waals surface area (Å²) >= 11 is 0. The topological polar surface area (TPSA) is 59.2 Å². The van der Waals surface area contributed by atoms with Crippen molar-refractivity contribution >= 4 is 5.91 Å². The van der Waals surface area contributed by atoms with Gasteiger partial charge in [0, 0.05) is 30.9 Å². The summed E-state index contributed by atoms with van der Waals surface area (Å²) in [4.78, 5) is 19.1. The number of aromatic nitrogens is 1. The molecular formula is C17H25N3O. The van der Waals surface area contributed by atoms with E-state index in [0.29, 0.717) is 18.5 Å². The van der Waals surface area contributed by atoms with Gasteiger partial charge in [0.05, 0.1) is 5.69 Å². The van der Waals surface area contributed by atoms with Gasteiger partial charge in [-0.2, -0.15) is 0 Å². The van der Waals surface area contributed by atoms with Gasteiger partial charge < -0.3 is 10.6 Å². The molecule has 114 valence electrons. The summed E-state index contributed by atoms with van der Waals surface area (Å²) in [6, 6.07) is 4.13. The molecule has 0 unspecified atom stereocenters. The standard InChI is InChI=1S/C17H25N3O/c18-11-15-10-14(8-9-19-15)17(21)20(16-6-7-16)12-13-4-2-1-3-5-13/h8-10,13,16H,1-7,11-12,18H2. The van der Waals surface area contributed by atoms with E-state index >= 15 is 0 Å². The molecule has 2 aliphatic carbocycles. The normalized spacial score (nSPS) is 19.5. The van der Waals surface area contributed by atoms with Crippen LogP contribution in [0.2, 0.25) is 0 Å². The molecule has 1 heterocycles. The monoisotopic (exact) mass is 287 g/mol. The van der Waals surface area contributed by atoms with Gasteiger partial charge in [-0.3, -0.25) is 9.78 Å². The molecule has 2 fully saturated rings. The second-order valence-corrected chi connectivity index (χ2v) is 6.43. The Morgan fingerprint density at radius 3 is 2.67 bits per heavy atom. The van der Waals surface area contributed by atoms with Crippen LogP contribution in [0.5, 0.6) is 0 Å². The first-order chi connectivity index (χ1) is 10.3. The van der Waals surface area contributed by atoms with Crippen LogP contribution in [-0.2, 0) is 6.54 Å². The number of hydrogen-bond donors (Lipinski definition) is 1. The lowest BCUT2D eigenvalue weighted by Gasteiger charge is -2.30. The molecule has 0 aliphatic heterocycles. The first kappa shape index (κ1) is 14.5. The quantitative estimate of drug-likeness (QED) is 0.906. The fraction of sp³-hybridized carbons (Fsp3) is 0.647. The molecule has 4 heteroatoms. The molecule has 0 saturated heterocycles. The largest absolute Gasteiger partial charge is 0.335 e. The van der Waals surface area contributed by atoms with Crippen molar-refractivity contribution in [1.82, 2.24) is 9.88 Å². The highest BCUT2D eigenvalue weighted by molar-refractivity contribution is 5.94. The van der Waals surface area contributed by atoms with Crippen LogP contribution in [0.4, 0.5) is 0 Å². The third-order valence-corrected chi connectivity index (χ3v) is 4.70. The summed E-state index contributed by atoms with van der Waals surface area (Å²) < 4.78 is 0. The Bertz CT molecular complexity index is 493. The molecule has 2 N–H and O–H groups in total. The highest BCUT2D eigenvalue weighted by Crippen LogP contribution is 2.32. The molecule has 3 rings (SSSR count). The Labute approximate surface area is 126 Å². The van der Waals surface area contributed by atoms with Gasteiger partial charge >= 0.3 is 0 Å². The van der Waals surface area contributed by atoms with Gasteiger partial charge in [-0.25, -0.2) is 0 Å². The maximum atomic E-state index is 12.8. The molecule has 1 aromatic rings. The lowest BCUT2D eigenvalue weighted by Crippen LogP contribution is -2.37. The molecule has 0 spiro atoms. The van der Waals surface area contributed by atoms with Crippen molar-refractivity contribution in [2.45, 2.75) is 57.5 Å². The maximum Gasteiger partial charge on any atom is 0.254 e. The van der Waals surface area contributed by atoms with Gasteiger partial charge in [-0.05, 0) is 43.7 Å². The Morgan fingerprint density at radius 1 is 1.24 bits per heavy atom. The van der Waals surface area contributed by atoms with E-state index in [1.165, 1.54) is 32.1 Å². The third-order valence-electron chi connectivity index (χ3n) is 4.70. The second-order valence-electron chi connectivity index (χ2n) is 6.43. The van der Waals surface area contributed by atoms with E-state index in [4.69, 9.17) is 5.73 Å². The number of nitrogens with two attached hydrogens (primary N) is 1. The van der Waals surface area contributed by atoms with E-state index in [2.05, 4.69) is 9.88 Å². The molecule has 2 aliphatic rings. The number of hydrogen-bond acceptors (Lipinski definition) is 3. The first-order valence-corrected chi connectivity index (χ1v) is 8.24. The zero-order valence-corrected chi connectivity index (χ0v) is 12.6. The summed E-state index contributed by atoms with van der Waals surface area (Å²) in [6.45, 7) is 1.32. The molecule has 4 nitrogen and oxygen atoms in total. The molecule has 21 heavy (non-hydrogen) atoms. The van der Waals surface area contributed by atoms with E-state index in [0.717, 1.165) is 30.6 Å². The lowest BCUT2D eigenvalue weighted by molar-refractivity contribution is 0.0698. The van der Waals surface area contributed by atoms with Crippen molar-refractivity contribution in [2.24, 2.45) is 11.7 Å². The van der Waals surface area contributed by atoms with Crippen LogP contribution in [0.15, 0.2) is 18.3 Å². The van der Waals surface area contributed by atoms with Crippen LogP contribution < -0.4 is 5.73 Å². The lowest BCUT2D eigenvalue weighted by atomic mass is 9.89. The minimum absolute atomic E-state index is 0.167. The third kappa shape index (κ3) is 3.62. The van der Waals surface area contributed by atoms with Crippen molar-refractivity contribution in [3.05, 3.63) is 29.6 Å². The fourth-order valence-electron chi connectivity index (χ4n) is 3.32. The van der Waals surface area contributed by atoms with Gasteiger partial charge in [0.1, 0.15) is 0 Å². The molecule has 0 aromatic carbocycles. The van der Waals surface area contributed by atoms with Gasteiger partial charge in [-0.15, -0.1) is 0 Å². The van der Waals surface area contributed by atoms with Crippen LogP contribution in [0.25, 0.3) is 0 Å². The zero-order valence-electron chi connectivity index (χ0n) is 12.6. The van der Waals surface area contributed by atoms with Crippen LogP contribution >= 0.6 is 0 Å². The van der Waals surface area contributed by atoms with Crippen LogP contribution in [0, 0.1) is 5.92 Å². The summed E-state index contributed by atoms with van der Waals surface area (Å²) in [7, 11) is 0. The van der Waals surface area contributed by atoms with Gasteiger partial charge in [0.2, 0.25) is 0 Å². The van der Waals surface area contributed by atoms with Gasteiger partial charge in [-0.1, -0.05) is 19.3 Å². The number of rotatable bonds is 5. The first-order valence-electron chi connectivity index (χ1n) is 8.24. The van der Waals surface area contributed by atoms with Gasteiger partial charge in [0.25, 0.3) is 5.91 Å². The van der Waals surface area contributed by atoms with Crippen molar-refractivity contribution in [2.75, 3.05) is 6.54 Å². The number of nitrogens with zero attached hydrogens (tertiary/aromatic N) is 2. The predicted octanol–water partition coefficient (Wildman–Crippen LogP) is 2.73. The smallest absolute Gasteiger partial charge is 0.254 e. The highest BCUT2D eigenvalue weighted by Gasteiger charge is 2.34. The number of carbonyl (C=O) groups excluding carboxylic acids is 1. The summed E-state index contributed by atoms with van der Waals surface area (Å²) in [5.41, 5.74) is 7.16. The number of carbonyl (C=O) groups is 1. The fourth-order valence-corrected chi connectivity index (χ4v) is 3.32. The van der Waals surface area contributed by atoms with Crippen molar-refractivity contribution in [3.63, 3.8) is 0 Å². The molecule has 0 atom stereocenters. The van der Waals surface area contributed by atoms with Crippen molar-refractivity contribution < 1.29 is 4.79 Å². The SMILES string of the molecule is NCc1cc(C(=O)N(CC2CCCCC2)C2CC2)ccn1. The van der Waals surface area contributed by atoms with Gasteiger partial charge in [0.15, 0.2) is 0 Å². The Hall–Kier alpha value is -1.42. The Morgan fingerprint density at radius 2 is 2.00 bits per heavy atom. The molecule has 2 saturated carbocycles. The minimum Gasteiger partial charge on any atom is -0.335 e. The highest BCUT2D eigenvalue weighted by atomic mass is 16.2. The summed E-state index contributed by atoms with van der Waals surface area (Å²) in [5, 5.41) is 0. The summed E-state index contributed by atoms with van der Waals surface area (Å²) in [5.74, 6) is 0.860. The average Bonchev–Trinajstić information content (AvgIpc) is 3.38. The van der Waals surface area contributed by atoms with Crippen molar-refractivity contribution in [3.8, 4) is 0 Å². The summed E-state index contributed by atoms with van der Waals surface area (Å²) in [6.07, 6.45) is 10.6. The van der Waals surface area contributed by atoms with Crippen molar-refractivity contribution in [1.29, 1.82) is 0 Å². The second kappa shape index (κ2) is 6.56. The van der Waals surface area contributed by atoms with E-state index in [9.17, 15) is 4.79 Å². The van der Waals surface area contributed by atoms with Crippen LogP contribution in [-0.4, -0.2) is 28.4 Å². The van der Waals surface area contributed by atoms with E-state index in [1.807, 2.05) is 12.1 Å². The Balaban J connectivity index is 1.71. The number of pyridine rings is 1. The molecule has 1 amide bonds.